The Balaban J connectivity index is 3.06. The van der Waals surface area contributed by atoms with Gasteiger partial charge >= 0.3 is 6.09 Å². The number of carbonyl (C=O) groups is 2. The van der Waals surface area contributed by atoms with Gasteiger partial charge in [-0.15, -0.1) is 0 Å². The molecule has 2 unspecified atom stereocenters. The van der Waals surface area contributed by atoms with Gasteiger partial charge in [-0.05, 0) is 25.7 Å². The van der Waals surface area contributed by atoms with Gasteiger partial charge in [0.25, 0.3) is 5.91 Å². The predicted octanol–water partition coefficient (Wildman–Crippen LogP) is 2.76. The summed E-state index contributed by atoms with van der Waals surface area (Å²) in [6.45, 7) is 10.5. The van der Waals surface area contributed by atoms with E-state index in [0.717, 1.165) is 4.90 Å². The molecule has 0 aromatic carbocycles. The fourth-order valence-electron chi connectivity index (χ4n) is 2.51. The molecule has 0 spiro atoms. The van der Waals surface area contributed by atoms with E-state index < -0.39 is 35.7 Å². The first-order chi connectivity index (χ1) is 8.09. The molecule has 0 aromatic rings. The van der Waals surface area contributed by atoms with Gasteiger partial charge in [0.2, 0.25) is 0 Å². The minimum absolute atomic E-state index is 0.00904. The number of hydrogen-bond acceptors (Lipinski definition) is 3. The summed E-state index contributed by atoms with van der Waals surface area (Å²) >= 11 is 0. The van der Waals surface area contributed by atoms with E-state index in [4.69, 9.17) is 4.74 Å². The third-order valence-electron chi connectivity index (χ3n) is 3.23. The average molecular weight is 259 g/mol. The lowest BCUT2D eigenvalue weighted by Gasteiger charge is -2.31. The van der Waals surface area contributed by atoms with Crippen LogP contribution in [0.1, 0.15) is 41.5 Å². The molecule has 1 rings (SSSR count). The van der Waals surface area contributed by atoms with E-state index in [2.05, 4.69) is 0 Å². The van der Waals surface area contributed by atoms with Crippen molar-refractivity contribution in [2.75, 3.05) is 0 Å². The number of halogens is 1. The van der Waals surface area contributed by atoms with Gasteiger partial charge < -0.3 is 4.74 Å². The Hall–Kier alpha value is -1.13. The molecule has 0 aliphatic carbocycles. The van der Waals surface area contributed by atoms with Crippen LogP contribution in [-0.4, -0.2) is 34.7 Å². The van der Waals surface area contributed by atoms with Gasteiger partial charge in [0.15, 0.2) is 6.17 Å². The third-order valence-corrected chi connectivity index (χ3v) is 3.23. The Labute approximate surface area is 107 Å². The Morgan fingerprint density at radius 3 is 2.22 bits per heavy atom. The smallest absolute Gasteiger partial charge is 0.417 e. The van der Waals surface area contributed by atoms with E-state index in [1.165, 1.54) is 0 Å². The first-order valence-electron chi connectivity index (χ1n) is 6.29. The number of hydrogen-bond donors (Lipinski definition) is 0. The molecule has 1 aliphatic rings. The molecule has 0 saturated carbocycles. The van der Waals surface area contributed by atoms with Gasteiger partial charge in [-0.3, -0.25) is 4.79 Å². The van der Waals surface area contributed by atoms with Crippen molar-refractivity contribution >= 4 is 12.0 Å². The number of alkyl halides is 1. The van der Waals surface area contributed by atoms with Crippen molar-refractivity contribution in [3.63, 3.8) is 0 Å². The second-order valence-corrected chi connectivity index (χ2v) is 6.01. The summed E-state index contributed by atoms with van der Waals surface area (Å²) in [5.74, 6) is -1.24. The number of cyclic esters (lactones) is 1. The summed E-state index contributed by atoms with van der Waals surface area (Å²) in [5, 5.41) is 0. The van der Waals surface area contributed by atoms with Crippen LogP contribution in [0.25, 0.3) is 0 Å². The summed E-state index contributed by atoms with van der Waals surface area (Å²) < 4.78 is 19.0. The number of amides is 2. The van der Waals surface area contributed by atoms with Gasteiger partial charge in [-0.2, -0.15) is 0 Å². The van der Waals surface area contributed by atoms with Gasteiger partial charge in [-0.1, -0.05) is 27.7 Å². The summed E-state index contributed by atoms with van der Waals surface area (Å²) in [6.07, 6.45) is -2.42. The number of nitrogens with zero attached hydrogens (tertiary/aromatic N) is 1. The highest BCUT2D eigenvalue weighted by atomic mass is 19.1. The third kappa shape index (κ3) is 2.49. The van der Waals surface area contributed by atoms with Crippen molar-refractivity contribution in [2.45, 2.75) is 59.4 Å². The molecule has 2 amide bonds. The molecule has 1 fully saturated rings. The second kappa shape index (κ2) is 4.86. The molecule has 4 nitrogen and oxygen atoms in total. The maximum Gasteiger partial charge on any atom is 0.417 e. The topological polar surface area (TPSA) is 46.6 Å². The SMILES string of the molecule is CC(C)C(F)C(=O)N1C(=O)OC(C)(C)C1C(C)C. The molecule has 1 heterocycles. The van der Waals surface area contributed by atoms with E-state index >= 15 is 0 Å². The quantitative estimate of drug-likeness (QED) is 0.783. The Bertz CT molecular complexity index is 352. The van der Waals surface area contributed by atoms with Crippen molar-refractivity contribution in [1.29, 1.82) is 0 Å². The van der Waals surface area contributed by atoms with E-state index in [9.17, 15) is 14.0 Å². The number of rotatable bonds is 3. The second-order valence-electron chi connectivity index (χ2n) is 6.01. The van der Waals surface area contributed by atoms with E-state index in [1.807, 2.05) is 13.8 Å². The maximum absolute atomic E-state index is 13.8. The summed E-state index contributed by atoms with van der Waals surface area (Å²) in [6, 6.07) is -0.436. The summed E-state index contributed by atoms with van der Waals surface area (Å²) in [5.41, 5.74) is -0.780. The van der Waals surface area contributed by atoms with E-state index in [0.29, 0.717) is 0 Å². The van der Waals surface area contributed by atoms with Crippen LogP contribution in [0.4, 0.5) is 9.18 Å². The predicted molar refractivity (Wildman–Crippen MR) is 65.8 cm³/mol. The molecule has 18 heavy (non-hydrogen) atoms. The molecule has 0 N–H and O–H groups in total. The summed E-state index contributed by atoms with van der Waals surface area (Å²) in [7, 11) is 0. The van der Waals surface area contributed by atoms with Crippen molar-refractivity contribution in [3.05, 3.63) is 0 Å². The van der Waals surface area contributed by atoms with Crippen LogP contribution in [0.5, 0.6) is 0 Å². The van der Waals surface area contributed by atoms with Gasteiger partial charge in [0, 0.05) is 0 Å². The summed E-state index contributed by atoms with van der Waals surface area (Å²) in [4.78, 5) is 24.8. The maximum atomic E-state index is 13.8. The number of imide groups is 1. The van der Waals surface area contributed by atoms with Crippen LogP contribution in [-0.2, 0) is 9.53 Å². The Morgan fingerprint density at radius 2 is 1.83 bits per heavy atom. The Kier molecular flexibility index (Phi) is 4.03. The zero-order chi connectivity index (χ0) is 14.2. The van der Waals surface area contributed by atoms with Crippen LogP contribution >= 0.6 is 0 Å². The molecule has 1 saturated heterocycles. The minimum atomic E-state index is -1.67. The van der Waals surface area contributed by atoms with Gasteiger partial charge in [-0.25, -0.2) is 14.1 Å². The van der Waals surface area contributed by atoms with Crippen LogP contribution in [0.15, 0.2) is 0 Å². The first-order valence-corrected chi connectivity index (χ1v) is 6.29. The molecule has 0 bridgehead atoms. The lowest BCUT2D eigenvalue weighted by atomic mass is 9.88. The highest BCUT2D eigenvalue weighted by Gasteiger charge is 2.53. The van der Waals surface area contributed by atoms with E-state index in [1.54, 1.807) is 27.7 Å². The number of ether oxygens (including phenoxy) is 1. The van der Waals surface area contributed by atoms with Crippen LogP contribution in [0.3, 0.4) is 0 Å². The average Bonchev–Trinajstić information content (AvgIpc) is 2.45. The monoisotopic (exact) mass is 259 g/mol. The fraction of sp³-hybridized carbons (Fsp3) is 0.846. The highest BCUT2D eigenvalue weighted by Crippen LogP contribution is 2.35. The van der Waals surface area contributed by atoms with Crippen molar-refractivity contribution in [3.8, 4) is 0 Å². The molecule has 104 valence electrons. The molecule has 2 atom stereocenters. The van der Waals surface area contributed by atoms with Crippen molar-refractivity contribution in [1.82, 2.24) is 4.90 Å². The molecule has 1 aliphatic heterocycles. The van der Waals surface area contributed by atoms with Crippen molar-refractivity contribution in [2.24, 2.45) is 11.8 Å². The van der Waals surface area contributed by atoms with Crippen LogP contribution < -0.4 is 0 Å². The largest absolute Gasteiger partial charge is 0.441 e. The lowest BCUT2D eigenvalue weighted by Crippen LogP contribution is -2.51. The molecule has 0 radical (unpaired) electrons. The molecular formula is C13H22FNO3. The lowest BCUT2D eigenvalue weighted by molar-refractivity contribution is -0.137. The highest BCUT2D eigenvalue weighted by molar-refractivity contribution is 5.96. The first kappa shape index (κ1) is 14.9. The normalized spacial score (nSPS) is 24.6. The molecular weight excluding hydrogens is 237 g/mol. The fourth-order valence-corrected chi connectivity index (χ4v) is 2.51. The standard InChI is InChI=1S/C13H22FNO3/c1-7(2)9(14)11(16)15-10(8(3)4)13(5,6)18-12(15)17/h7-10H,1-6H3. The number of carbonyl (C=O) groups excluding carboxylic acids is 2. The van der Waals surface area contributed by atoms with Gasteiger partial charge in [0.1, 0.15) is 5.60 Å². The minimum Gasteiger partial charge on any atom is -0.441 e. The van der Waals surface area contributed by atoms with Gasteiger partial charge in [0.05, 0.1) is 6.04 Å². The zero-order valence-corrected chi connectivity index (χ0v) is 11.9. The van der Waals surface area contributed by atoms with Crippen LogP contribution in [0.2, 0.25) is 0 Å². The van der Waals surface area contributed by atoms with Crippen molar-refractivity contribution < 1.29 is 18.7 Å². The van der Waals surface area contributed by atoms with E-state index in [-0.39, 0.29) is 5.92 Å². The molecule has 0 aromatic heterocycles. The van der Waals surface area contributed by atoms with Crippen LogP contribution in [0, 0.1) is 11.8 Å². The Morgan fingerprint density at radius 1 is 1.33 bits per heavy atom. The zero-order valence-electron chi connectivity index (χ0n) is 11.9. The molecule has 5 heteroatoms.